The molecule has 0 radical (unpaired) electrons. The molecule has 3 heteroatoms. The molecule has 0 saturated heterocycles. The fourth-order valence-electron chi connectivity index (χ4n) is 1.99. The van der Waals surface area contributed by atoms with Crippen LogP contribution in [0, 0.1) is 5.41 Å². The summed E-state index contributed by atoms with van der Waals surface area (Å²) >= 11 is 3.39. The summed E-state index contributed by atoms with van der Waals surface area (Å²) in [6.07, 6.45) is 1.07. The van der Waals surface area contributed by atoms with E-state index in [0.717, 1.165) is 16.5 Å². The van der Waals surface area contributed by atoms with Crippen molar-refractivity contribution < 1.29 is 9.90 Å². The van der Waals surface area contributed by atoms with Crippen molar-refractivity contribution in [2.45, 2.75) is 39.5 Å². The number of halogens is 1. The fourth-order valence-corrected chi connectivity index (χ4v) is 2.26. The van der Waals surface area contributed by atoms with Crippen LogP contribution < -0.4 is 0 Å². The molecular weight excluding hydrogens is 280 g/mol. The Morgan fingerprint density at radius 2 is 1.82 bits per heavy atom. The number of hydrogen-bond donors (Lipinski definition) is 1. The molecule has 94 valence electrons. The molecule has 0 bridgehead atoms. The van der Waals surface area contributed by atoms with E-state index in [0.29, 0.717) is 0 Å². The van der Waals surface area contributed by atoms with Crippen molar-refractivity contribution in [3.05, 3.63) is 34.3 Å². The fraction of sp³-hybridized carbons (Fsp3) is 0.500. The van der Waals surface area contributed by atoms with Gasteiger partial charge < -0.3 is 5.11 Å². The van der Waals surface area contributed by atoms with Crippen molar-refractivity contribution in [2.24, 2.45) is 5.41 Å². The van der Waals surface area contributed by atoms with Crippen molar-refractivity contribution in [1.29, 1.82) is 0 Å². The van der Waals surface area contributed by atoms with Gasteiger partial charge in [-0.1, -0.05) is 48.8 Å². The van der Waals surface area contributed by atoms with Crippen LogP contribution in [-0.2, 0) is 4.79 Å². The second-order valence-corrected chi connectivity index (χ2v) is 6.53. The maximum atomic E-state index is 10.9. The monoisotopic (exact) mass is 298 g/mol. The summed E-state index contributed by atoms with van der Waals surface area (Å²) in [7, 11) is 0. The number of carboxylic acids is 1. The second kappa shape index (κ2) is 5.67. The van der Waals surface area contributed by atoms with Gasteiger partial charge in [0.05, 0.1) is 6.42 Å². The topological polar surface area (TPSA) is 37.3 Å². The molecule has 0 aliphatic heterocycles. The van der Waals surface area contributed by atoms with Crippen LogP contribution in [0.4, 0.5) is 0 Å². The molecule has 0 saturated carbocycles. The van der Waals surface area contributed by atoms with Gasteiger partial charge in [0.1, 0.15) is 0 Å². The number of carbonyl (C=O) groups is 1. The van der Waals surface area contributed by atoms with Gasteiger partial charge in [0, 0.05) is 4.47 Å². The van der Waals surface area contributed by atoms with Gasteiger partial charge in [0.2, 0.25) is 0 Å². The number of aliphatic carboxylic acids is 1. The first-order chi connectivity index (χ1) is 7.78. The second-order valence-electron chi connectivity index (χ2n) is 5.61. The third-order valence-corrected chi connectivity index (χ3v) is 3.15. The van der Waals surface area contributed by atoms with Gasteiger partial charge in [-0.3, -0.25) is 4.79 Å². The molecule has 1 aromatic rings. The minimum atomic E-state index is -0.734. The van der Waals surface area contributed by atoms with Crippen LogP contribution in [0.1, 0.15) is 45.1 Å². The lowest BCUT2D eigenvalue weighted by molar-refractivity contribution is -0.137. The Labute approximate surface area is 111 Å². The van der Waals surface area contributed by atoms with Gasteiger partial charge in [-0.2, -0.15) is 0 Å². The molecule has 1 aromatic carbocycles. The molecule has 0 aliphatic carbocycles. The molecule has 0 spiro atoms. The molecule has 0 aromatic heterocycles. The van der Waals surface area contributed by atoms with Crippen molar-refractivity contribution in [1.82, 2.24) is 0 Å². The highest BCUT2D eigenvalue weighted by atomic mass is 79.9. The molecule has 0 fully saturated rings. The van der Waals surface area contributed by atoms with Crippen LogP contribution in [0.5, 0.6) is 0 Å². The minimum absolute atomic E-state index is 0.0839. The molecule has 17 heavy (non-hydrogen) atoms. The zero-order valence-electron chi connectivity index (χ0n) is 10.5. The third-order valence-electron chi connectivity index (χ3n) is 2.62. The number of hydrogen-bond acceptors (Lipinski definition) is 1. The van der Waals surface area contributed by atoms with E-state index in [4.69, 9.17) is 5.11 Å². The Hall–Kier alpha value is -0.830. The Bertz CT molecular complexity index is 376. The lowest BCUT2D eigenvalue weighted by Crippen LogP contribution is -2.15. The van der Waals surface area contributed by atoms with Gasteiger partial charge in [0.25, 0.3) is 0 Å². The van der Waals surface area contributed by atoms with Gasteiger partial charge in [-0.15, -0.1) is 0 Å². The first kappa shape index (κ1) is 14.2. The molecule has 1 atom stereocenters. The van der Waals surface area contributed by atoms with Crippen LogP contribution >= 0.6 is 15.9 Å². The van der Waals surface area contributed by atoms with E-state index in [9.17, 15) is 4.79 Å². The molecule has 0 heterocycles. The van der Waals surface area contributed by atoms with Crippen LogP contribution in [0.25, 0.3) is 0 Å². The minimum Gasteiger partial charge on any atom is -0.481 e. The number of carboxylic acid groups (broad SMARTS) is 1. The zero-order valence-corrected chi connectivity index (χ0v) is 12.1. The first-order valence-electron chi connectivity index (χ1n) is 5.75. The molecular formula is C14H19BrO2. The van der Waals surface area contributed by atoms with Gasteiger partial charge in [-0.05, 0) is 35.4 Å². The first-order valence-corrected chi connectivity index (χ1v) is 6.54. The standard InChI is InChI=1S/C14H19BrO2/c1-14(2,3)9-11(8-13(16)17)10-4-6-12(15)7-5-10/h4-7,11H,8-9H2,1-3H3,(H,16,17). The van der Waals surface area contributed by atoms with Gasteiger partial charge in [-0.25, -0.2) is 0 Å². The van der Waals surface area contributed by atoms with E-state index in [1.165, 1.54) is 0 Å². The van der Waals surface area contributed by atoms with Crippen LogP contribution in [0.2, 0.25) is 0 Å². The molecule has 1 unspecified atom stereocenters. The third kappa shape index (κ3) is 5.35. The van der Waals surface area contributed by atoms with Crippen LogP contribution in [-0.4, -0.2) is 11.1 Å². The van der Waals surface area contributed by atoms with Crippen molar-refractivity contribution >= 4 is 21.9 Å². The van der Waals surface area contributed by atoms with Gasteiger partial charge in [0.15, 0.2) is 0 Å². The van der Waals surface area contributed by atoms with Crippen LogP contribution in [0.3, 0.4) is 0 Å². The van der Waals surface area contributed by atoms with E-state index in [1.54, 1.807) is 0 Å². The summed E-state index contributed by atoms with van der Waals surface area (Å²) in [5.74, 6) is -0.650. The average Bonchev–Trinajstić information content (AvgIpc) is 2.14. The Kier molecular flexibility index (Phi) is 4.75. The number of rotatable bonds is 4. The summed E-state index contributed by atoms with van der Waals surface area (Å²) in [4.78, 5) is 10.9. The van der Waals surface area contributed by atoms with E-state index < -0.39 is 5.97 Å². The van der Waals surface area contributed by atoms with Crippen molar-refractivity contribution in [3.63, 3.8) is 0 Å². The lowest BCUT2D eigenvalue weighted by Gasteiger charge is -2.25. The summed E-state index contributed by atoms with van der Waals surface area (Å²) in [6.45, 7) is 6.42. The van der Waals surface area contributed by atoms with E-state index in [2.05, 4.69) is 36.7 Å². The van der Waals surface area contributed by atoms with Crippen molar-refractivity contribution in [3.8, 4) is 0 Å². The SMILES string of the molecule is CC(C)(C)CC(CC(=O)O)c1ccc(Br)cc1. The molecule has 2 nitrogen and oxygen atoms in total. The Morgan fingerprint density at radius 3 is 2.24 bits per heavy atom. The Balaban J connectivity index is 2.89. The predicted octanol–water partition coefficient (Wildman–Crippen LogP) is 4.44. The molecule has 0 amide bonds. The summed E-state index contributed by atoms with van der Waals surface area (Å²) in [6, 6.07) is 7.94. The highest BCUT2D eigenvalue weighted by Crippen LogP contribution is 2.33. The maximum absolute atomic E-state index is 10.9. The molecule has 0 aliphatic rings. The zero-order chi connectivity index (χ0) is 13.1. The highest BCUT2D eigenvalue weighted by molar-refractivity contribution is 9.10. The highest BCUT2D eigenvalue weighted by Gasteiger charge is 2.22. The summed E-state index contributed by atoms with van der Waals surface area (Å²) in [5.41, 5.74) is 1.23. The summed E-state index contributed by atoms with van der Waals surface area (Å²) in [5, 5.41) is 8.99. The van der Waals surface area contributed by atoms with Crippen LogP contribution in [0.15, 0.2) is 28.7 Å². The average molecular weight is 299 g/mol. The quantitative estimate of drug-likeness (QED) is 0.892. The van der Waals surface area contributed by atoms with Gasteiger partial charge >= 0.3 is 5.97 Å². The van der Waals surface area contributed by atoms with E-state index in [-0.39, 0.29) is 17.8 Å². The van der Waals surface area contributed by atoms with Crippen molar-refractivity contribution in [2.75, 3.05) is 0 Å². The normalized spacial score (nSPS) is 13.4. The maximum Gasteiger partial charge on any atom is 0.303 e. The smallest absolute Gasteiger partial charge is 0.303 e. The largest absolute Gasteiger partial charge is 0.481 e. The van der Waals surface area contributed by atoms with E-state index in [1.807, 2.05) is 24.3 Å². The summed E-state index contributed by atoms with van der Waals surface area (Å²) < 4.78 is 1.02. The number of benzene rings is 1. The lowest BCUT2D eigenvalue weighted by atomic mass is 9.80. The predicted molar refractivity (Wildman–Crippen MR) is 73.2 cm³/mol. The molecule has 1 N–H and O–H groups in total. The Morgan fingerprint density at radius 1 is 1.29 bits per heavy atom. The van der Waals surface area contributed by atoms with E-state index >= 15 is 0 Å². The molecule has 1 rings (SSSR count).